The van der Waals surface area contributed by atoms with E-state index in [4.69, 9.17) is 14.5 Å². The molecule has 4 aromatic rings. The molecule has 1 aliphatic heterocycles. The number of hydrogen-bond acceptors (Lipinski definition) is 5. The summed E-state index contributed by atoms with van der Waals surface area (Å²) >= 11 is 0. The minimum Gasteiger partial charge on any atom is -0.457 e. The van der Waals surface area contributed by atoms with Gasteiger partial charge in [-0.05, 0) is 61.5 Å². The topological polar surface area (TPSA) is 79.1 Å². The van der Waals surface area contributed by atoms with E-state index in [0.717, 1.165) is 65.8 Å². The van der Waals surface area contributed by atoms with E-state index in [1.165, 1.54) is 0 Å². The molecule has 0 saturated carbocycles. The second kappa shape index (κ2) is 7.69. The molecule has 0 amide bonds. The van der Waals surface area contributed by atoms with Crippen molar-refractivity contribution in [2.45, 2.75) is 19.0 Å². The van der Waals surface area contributed by atoms with Crippen molar-refractivity contribution in [3.05, 3.63) is 60.6 Å². The van der Waals surface area contributed by atoms with Gasteiger partial charge in [-0.2, -0.15) is 5.10 Å². The van der Waals surface area contributed by atoms with E-state index in [9.17, 15) is 0 Å². The molecule has 7 heteroatoms. The standard InChI is InChI=1S/C22H23N5O2/c1-27(16-9-11-28-14-16)13-22-24-20-7-6-18(12-21(20)25-22)29-17-4-2-15(3-5-17)19-8-10-23-26-19/h2-8,10,12,16H,9,11,13-14H2,1H3,(H,23,26)(H,24,25)/t16-/m1/s1. The fraction of sp³-hybridized carbons (Fsp3) is 0.273. The Bertz CT molecular complexity index is 1080. The zero-order valence-electron chi connectivity index (χ0n) is 16.3. The lowest BCUT2D eigenvalue weighted by Crippen LogP contribution is -2.31. The molecule has 29 heavy (non-hydrogen) atoms. The van der Waals surface area contributed by atoms with Crippen molar-refractivity contribution in [1.82, 2.24) is 25.1 Å². The Kier molecular flexibility index (Phi) is 4.75. The van der Waals surface area contributed by atoms with E-state index < -0.39 is 0 Å². The zero-order chi connectivity index (χ0) is 19.6. The van der Waals surface area contributed by atoms with Crippen LogP contribution in [0.1, 0.15) is 12.2 Å². The molecule has 0 radical (unpaired) electrons. The van der Waals surface area contributed by atoms with Crippen LogP contribution in [0.2, 0.25) is 0 Å². The summed E-state index contributed by atoms with van der Waals surface area (Å²) in [6.45, 7) is 2.42. The number of imidazole rings is 1. The number of nitrogens with zero attached hydrogens (tertiary/aromatic N) is 3. The van der Waals surface area contributed by atoms with Gasteiger partial charge in [0.1, 0.15) is 17.3 Å². The summed E-state index contributed by atoms with van der Waals surface area (Å²) in [4.78, 5) is 10.4. The number of fused-ring (bicyclic) bond motifs is 1. The van der Waals surface area contributed by atoms with Crippen LogP contribution in [-0.4, -0.2) is 51.4 Å². The molecule has 1 saturated heterocycles. The number of likely N-dealkylation sites (N-methyl/N-ethyl adjacent to an activating group) is 1. The van der Waals surface area contributed by atoms with Crippen molar-refractivity contribution >= 4 is 11.0 Å². The summed E-state index contributed by atoms with van der Waals surface area (Å²) in [6, 6.07) is 16.3. The third-order valence-electron chi connectivity index (χ3n) is 5.33. The molecule has 0 aliphatic carbocycles. The van der Waals surface area contributed by atoms with Gasteiger partial charge < -0.3 is 14.5 Å². The molecule has 3 heterocycles. The highest BCUT2D eigenvalue weighted by atomic mass is 16.5. The minimum atomic E-state index is 0.465. The van der Waals surface area contributed by atoms with Crippen LogP contribution in [0.15, 0.2) is 54.7 Å². The van der Waals surface area contributed by atoms with Gasteiger partial charge in [-0.1, -0.05) is 0 Å². The molecular formula is C22H23N5O2. The number of hydrogen-bond donors (Lipinski definition) is 2. The first-order chi connectivity index (χ1) is 14.2. The fourth-order valence-corrected chi connectivity index (χ4v) is 3.67. The summed E-state index contributed by atoms with van der Waals surface area (Å²) < 4.78 is 11.5. The summed E-state index contributed by atoms with van der Waals surface area (Å²) in [5.74, 6) is 2.50. The maximum absolute atomic E-state index is 6.02. The summed E-state index contributed by atoms with van der Waals surface area (Å²) in [5, 5.41) is 6.95. The third kappa shape index (κ3) is 3.87. The van der Waals surface area contributed by atoms with Crippen LogP contribution in [0.5, 0.6) is 11.5 Å². The first-order valence-corrected chi connectivity index (χ1v) is 9.79. The van der Waals surface area contributed by atoms with Crippen LogP contribution < -0.4 is 4.74 Å². The van der Waals surface area contributed by atoms with Gasteiger partial charge in [0.2, 0.25) is 0 Å². The minimum absolute atomic E-state index is 0.465. The Morgan fingerprint density at radius 2 is 2.00 bits per heavy atom. The molecule has 0 bridgehead atoms. The number of nitrogens with one attached hydrogen (secondary N) is 2. The van der Waals surface area contributed by atoms with Gasteiger partial charge in [0, 0.05) is 24.9 Å². The second-order valence-electron chi connectivity index (χ2n) is 7.39. The molecular weight excluding hydrogens is 366 g/mol. The SMILES string of the molecule is CN(Cc1nc2cc(Oc3ccc(-c4ccn[nH]4)cc3)ccc2[nH]1)[C@@H]1CCOC1. The van der Waals surface area contributed by atoms with Crippen LogP contribution in [0.4, 0.5) is 0 Å². The predicted molar refractivity (Wildman–Crippen MR) is 111 cm³/mol. The number of rotatable bonds is 6. The summed E-state index contributed by atoms with van der Waals surface area (Å²) in [5.41, 5.74) is 3.97. The average molecular weight is 389 g/mol. The van der Waals surface area contributed by atoms with Gasteiger partial charge in [0.15, 0.2) is 0 Å². The van der Waals surface area contributed by atoms with Crippen LogP contribution in [0.25, 0.3) is 22.3 Å². The molecule has 2 aromatic carbocycles. The molecule has 1 fully saturated rings. The Morgan fingerprint density at radius 1 is 1.14 bits per heavy atom. The third-order valence-corrected chi connectivity index (χ3v) is 5.33. The van der Waals surface area contributed by atoms with Crippen molar-refractivity contribution in [1.29, 1.82) is 0 Å². The van der Waals surface area contributed by atoms with E-state index in [1.54, 1.807) is 6.20 Å². The largest absolute Gasteiger partial charge is 0.457 e. The molecule has 2 N–H and O–H groups in total. The van der Waals surface area contributed by atoms with Gasteiger partial charge in [0.05, 0.1) is 29.9 Å². The van der Waals surface area contributed by atoms with Crippen molar-refractivity contribution in [2.24, 2.45) is 0 Å². The molecule has 1 aliphatic rings. The van der Waals surface area contributed by atoms with Crippen LogP contribution in [0, 0.1) is 0 Å². The average Bonchev–Trinajstić information content (AvgIpc) is 3.49. The first kappa shape index (κ1) is 17.9. The number of ether oxygens (including phenoxy) is 2. The van der Waals surface area contributed by atoms with Crippen LogP contribution >= 0.6 is 0 Å². The number of aromatic amines is 2. The zero-order valence-corrected chi connectivity index (χ0v) is 16.3. The number of aromatic nitrogens is 4. The molecule has 2 aromatic heterocycles. The van der Waals surface area contributed by atoms with E-state index in [2.05, 4.69) is 27.1 Å². The van der Waals surface area contributed by atoms with Crippen molar-refractivity contribution < 1.29 is 9.47 Å². The second-order valence-corrected chi connectivity index (χ2v) is 7.39. The van der Waals surface area contributed by atoms with Crippen molar-refractivity contribution in [2.75, 3.05) is 20.3 Å². The predicted octanol–water partition coefficient (Wildman–Crippen LogP) is 3.97. The van der Waals surface area contributed by atoms with Gasteiger partial charge in [0.25, 0.3) is 0 Å². The van der Waals surface area contributed by atoms with E-state index in [0.29, 0.717) is 6.04 Å². The van der Waals surface area contributed by atoms with Gasteiger partial charge in [-0.3, -0.25) is 10.00 Å². The normalized spacial score (nSPS) is 16.7. The van der Waals surface area contributed by atoms with Gasteiger partial charge in [-0.25, -0.2) is 4.98 Å². The monoisotopic (exact) mass is 389 g/mol. The summed E-state index contributed by atoms with van der Waals surface area (Å²) in [6.07, 6.45) is 2.82. The number of H-pyrrole nitrogens is 2. The Morgan fingerprint density at radius 3 is 2.76 bits per heavy atom. The molecule has 0 unspecified atom stereocenters. The van der Waals surface area contributed by atoms with Crippen LogP contribution in [0.3, 0.4) is 0 Å². The molecule has 1 atom stereocenters. The number of benzene rings is 2. The molecule has 0 spiro atoms. The Labute approximate surface area is 168 Å². The first-order valence-electron chi connectivity index (χ1n) is 9.79. The van der Waals surface area contributed by atoms with Crippen molar-refractivity contribution in [3.63, 3.8) is 0 Å². The maximum Gasteiger partial charge on any atom is 0.129 e. The van der Waals surface area contributed by atoms with Gasteiger partial charge >= 0.3 is 0 Å². The maximum atomic E-state index is 6.02. The van der Waals surface area contributed by atoms with E-state index in [-0.39, 0.29) is 0 Å². The highest BCUT2D eigenvalue weighted by molar-refractivity contribution is 5.77. The quantitative estimate of drug-likeness (QED) is 0.522. The Balaban J connectivity index is 1.29. The van der Waals surface area contributed by atoms with Crippen molar-refractivity contribution in [3.8, 4) is 22.8 Å². The molecule has 5 rings (SSSR count). The lowest BCUT2D eigenvalue weighted by molar-refractivity contribution is 0.155. The van der Waals surface area contributed by atoms with Crippen LogP contribution in [-0.2, 0) is 11.3 Å². The lowest BCUT2D eigenvalue weighted by Gasteiger charge is -2.21. The Hall–Kier alpha value is -3.16. The fourth-order valence-electron chi connectivity index (χ4n) is 3.67. The molecule has 148 valence electrons. The highest BCUT2D eigenvalue weighted by Gasteiger charge is 2.21. The van der Waals surface area contributed by atoms with Gasteiger partial charge in [-0.15, -0.1) is 0 Å². The summed E-state index contributed by atoms with van der Waals surface area (Å²) in [7, 11) is 2.12. The lowest BCUT2D eigenvalue weighted by atomic mass is 10.1. The molecule has 7 nitrogen and oxygen atoms in total. The smallest absolute Gasteiger partial charge is 0.129 e. The van der Waals surface area contributed by atoms with E-state index >= 15 is 0 Å². The van der Waals surface area contributed by atoms with E-state index in [1.807, 2.05) is 48.5 Å². The highest BCUT2D eigenvalue weighted by Crippen LogP contribution is 2.27.